The van der Waals surface area contributed by atoms with Gasteiger partial charge in [0.1, 0.15) is 16.7 Å². The van der Waals surface area contributed by atoms with E-state index >= 15 is 0 Å². The first-order chi connectivity index (χ1) is 14.6. The zero-order chi connectivity index (χ0) is 20.9. The van der Waals surface area contributed by atoms with Crippen molar-refractivity contribution in [3.8, 4) is 5.75 Å². The highest BCUT2D eigenvalue weighted by Crippen LogP contribution is 2.33. The van der Waals surface area contributed by atoms with Crippen LogP contribution in [0.15, 0.2) is 83.8 Å². The maximum atomic E-state index is 12.8. The summed E-state index contributed by atoms with van der Waals surface area (Å²) in [5, 5.41) is 0. The Morgan fingerprint density at radius 3 is 2.43 bits per heavy atom. The van der Waals surface area contributed by atoms with Gasteiger partial charge >= 0.3 is 0 Å². The highest BCUT2D eigenvalue weighted by molar-refractivity contribution is 8.26. The third kappa shape index (κ3) is 4.99. The van der Waals surface area contributed by atoms with Crippen LogP contribution in [0.25, 0.3) is 6.08 Å². The van der Waals surface area contributed by atoms with Gasteiger partial charge < -0.3 is 4.74 Å². The van der Waals surface area contributed by atoms with Crippen LogP contribution in [0.4, 0.5) is 0 Å². The molecule has 1 heterocycles. The predicted octanol–water partition coefficient (Wildman–Crippen LogP) is 5.98. The highest BCUT2D eigenvalue weighted by atomic mass is 32.2. The normalized spacial score (nSPS) is 15.1. The molecule has 30 heavy (non-hydrogen) atoms. The van der Waals surface area contributed by atoms with Crippen LogP contribution in [0.2, 0.25) is 0 Å². The highest BCUT2D eigenvalue weighted by Gasteiger charge is 2.31. The Kier molecular flexibility index (Phi) is 6.31. The average Bonchev–Trinajstić information content (AvgIpc) is 3.01. The van der Waals surface area contributed by atoms with Gasteiger partial charge in [0.15, 0.2) is 0 Å². The van der Waals surface area contributed by atoms with E-state index in [-0.39, 0.29) is 5.91 Å². The van der Waals surface area contributed by atoms with Crippen LogP contribution in [-0.2, 0) is 17.9 Å². The zero-order valence-corrected chi connectivity index (χ0v) is 18.2. The van der Waals surface area contributed by atoms with Gasteiger partial charge in [-0.2, -0.15) is 0 Å². The van der Waals surface area contributed by atoms with E-state index in [1.165, 1.54) is 17.3 Å². The molecule has 150 valence electrons. The van der Waals surface area contributed by atoms with Gasteiger partial charge in [-0.25, -0.2) is 0 Å². The molecule has 0 N–H and O–H groups in total. The van der Waals surface area contributed by atoms with Crippen molar-refractivity contribution < 1.29 is 9.53 Å². The molecule has 5 heteroatoms. The van der Waals surface area contributed by atoms with Crippen molar-refractivity contribution in [3.05, 3.63) is 106 Å². The number of thioether (sulfide) groups is 1. The Bertz CT molecular complexity index is 1090. The number of hydrogen-bond acceptors (Lipinski definition) is 4. The summed E-state index contributed by atoms with van der Waals surface area (Å²) in [7, 11) is 0. The van der Waals surface area contributed by atoms with Gasteiger partial charge in [0, 0.05) is 0 Å². The number of ether oxygens (including phenoxy) is 1. The number of carbonyl (C=O) groups is 1. The van der Waals surface area contributed by atoms with Crippen molar-refractivity contribution in [3.63, 3.8) is 0 Å². The van der Waals surface area contributed by atoms with Gasteiger partial charge in [-0.05, 0) is 41.8 Å². The third-order valence-electron chi connectivity index (χ3n) is 4.72. The molecule has 0 aliphatic carbocycles. The summed E-state index contributed by atoms with van der Waals surface area (Å²) in [5.41, 5.74) is 4.36. The Labute approximate surface area is 186 Å². The van der Waals surface area contributed by atoms with E-state index in [1.807, 2.05) is 66.7 Å². The van der Waals surface area contributed by atoms with Crippen molar-refractivity contribution in [1.82, 2.24) is 4.90 Å². The fraction of sp³-hybridized carbons (Fsp3) is 0.120. The summed E-state index contributed by atoms with van der Waals surface area (Å²) < 4.78 is 6.46. The lowest BCUT2D eigenvalue weighted by atomic mass is 10.1. The molecule has 1 amide bonds. The monoisotopic (exact) mass is 431 g/mol. The quantitative estimate of drug-likeness (QED) is 0.355. The number of carbonyl (C=O) groups excluding carboxylic acids is 1. The molecule has 0 radical (unpaired) electrons. The number of amides is 1. The number of hydrogen-bond donors (Lipinski definition) is 0. The standard InChI is InChI=1S/C25H21NO2S2/c1-18-6-5-9-21(14-18)17-28-22-12-10-19(11-13-22)15-23-24(27)26(25(29)30-23)16-20-7-3-2-4-8-20/h2-15H,16-17H2,1H3. The lowest BCUT2D eigenvalue weighted by Gasteiger charge is -2.14. The molecule has 0 atom stereocenters. The topological polar surface area (TPSA) is 29.5 Å². The summed E-state index contributed by atoms with van der Waals surface area (Å²) in [6.45, 7) is 3.09. The van der Waals surface area contributed by atoms with E-state index in [4.69, 9.17) is 17.0 Å². The first-order valence-corrected chi connectivity index (χ1v) is 10.9. The van der Waals surface area contributed by atoms with Gasteiger partial charge in [-0.3, -0.25) is 9.69 Å². The fourth-order valence-electron chi connectivity index (χ4n) is 3.18. The lowest BCUT2D eigenvalue weighted by Crippen LogP contribution is -2.27. The molecule has 0 bridgehead atoms. The van der Waals surface area contributed by atoms with Gasteiger partial charge in [0.05, 0.1) is 11.4 Å². The third-order valence-corrected chi connectivity index (χ3v) is 6.10. The van der Waals surface area contributed by atoms with Crippen molar-refractivity contribution in [2.75, 3.05) is 0 Å². The Hall–Kier alpha value is -2.89. The molecule has 3 aromatic carbocycles. The molecule has 0 unspecified atom stereocenters. The molecule has 3 aromatic rings. The Balaban J connectivity index is 1.40. The zero-order valence-electron chi connectivity index (χ0n) is 16.6. The van der Waals surface area contributed by atoms with Crippen molar-refractivity contribution in [1.29, 1.82) is 0 Å². The van der Waals surface area contributed by atoms with E-state index < -0.39 is 0 Å². The van der Waals surface area contributed by atoms with Gasteiger partial charge in [0.2, 0.25) is 0 Å². The van der Waals surface area contributed by atoms with Crippen LogP contribution in [-0.4, -0.2) is 15.1 Å². The second kappa shape index (κ2) is 9.28. The number of aryl methyl sites for hydroxylation is 1. The minimum absolute atomic E-state index is 0.0476. The SMILES string of the molecule is Cc1cccc(COc2ccc(C=C3SC(=S)N(Cc4ccccc4)C3=O)cc2)c1. The summed E-state index contributed by atoms with van der Waals surface area (Å²) in [6, 6.07) is 25.9. The van der Waals surface area contributed by atoms with Gasteiger partial charge in [-0.15, -0.1) is 0 Å². The van der Waals surface area contributed by atoms with Crippen LogP contribution in [0, 0.1) is 6.92 Å². The summed E-state index contributed by atoms with van der Waals surface area (Å²) in [4.78, 5) is 15.1. The van der Waals surface area contributed by atoms with Crippen LogP contribution in [0.3, 0.4) is 0 Å². The maximum absolute atomic E-state index is 12.8. The Morgan fingerprint density at radius 1 is 0.967 bits per heavy atom. The molecule has 0 spiro atoms. The first-order valence-electron chi connectivity index (χ1n) is 9.66. The van der Waals surface area contributed by atoms with Gasteiger partial charge in [-0.1, -0.05) is 96.3 Å². The minimum Gasteiger partial charge on any atom is -0.489 e. The van der Waals surface area contributed by atoms with Crippen LogP contribution in [0.1, 0.15) is 22.3 Å². The second-order valence-corrected chi connectivity index (χ2v) is 8.78. The lowest BCUT2D eigenvalue weighted by molar-refractivity contribution is -0.122. The maximum Gasteiger partial charge on any atom is 0.266 e. The number of nitrogens with zero attached hydrogens (tertiary/aromatic N) is 1. The van der Waals surface area contributed by atoms with Crippen molar-refractivity contribution in [2.24, 2.45) is 0 Å². The molecule has 0 aromatic heterocycles. The van der Waals surface area contributed by atoms with E-state index in [0.29, 0.717) is 22.4 Å². The van der Waals surface area contributed by atoms with E-state index in [2.05, 4.69) is 25.1 Å². The van der Waals surface area contributed by atoms with E-state index in [1.54, 1.807) is 4.90 Å². The molecular weight excluding hydrogens is 410 g/mol. The number of thiocarbonyl (C=S) groups is 1. The van der Waals surface area contributed by atoms with E-state index in [0.717, 1.165) is 22.4 Å². The number of rotatable bonds is 6. The smallest absolute Gasteiger partial charge is 0.266 e. The molecule has 1 aliphatic heterocycles. The molecular formula is C25H21NO2S2. The predicted molar refractivity (Wildman–Crippen MR) is 127 cm³/mol. The van der Waals surface area contributed by atoms with Crippen molar-refractivity contribution in [2.45, 2.75) is 20.1 Å². The molecule has 1 saturated heterocycles. The molecule has 0 saturated carbocycles. The fourth-order valence-corrected chi connectivity index (χ4v) is 4.44. The Morgan fingerprint density at radius 2 is 1.70 bits per heavy atom. The summed E-state index contributed by atoms with van der Waals surface area (Å²) in [6.07, 6.45) is 1.88. The summed E-state index contributed by atoms with van der Waals surface area (Å²) >= 11 is 6.77. The molecule has 3 nitrogen and oxygen atoms in total. The van der Waals surface area contributed by atoms with Crippen LogP contribution in [0.5, 0.6) is 5.75 Å². The van der Waals surface area contributed by atoms with Crippen molar-refractivity contribution >= 4 is 40.3 Å². The summed E-state index contributed by atoms with van der Waals surface area (Å²) in [5.74, 6) is 0.749. The largest absolute Gasteiger partial charge is 0.489 e. The minimum atomic E-state index is -0.0476. The molecule has 1 fully saturated rings. The average molecular weight is 432 g/mol. The van der Waals surface area contributed by atoms with Gasteiger partial charge in [0.25, 0.3) is 5.91 Å². The first kappa shape index (κ1) is 20.4. The molecule has 4 rings (SSSR count). The van der Waals surface area contributed by atoms with Crippen LogP contribution < -0.4 is 4.74 Å². The molecule has 1 aliphatic rings. The number of benzene rings is 3. The van der Waals surface area contributed by atoms with Crippen LogP contribution >= 0.6 is 24.0 Å². The van der Waals surface area contributed by atoms with E-state index in [9.17, 15) is 4.79 Å². The second-order valence-electron chi connectivity index (χ2n) is 7.10.